The molecule has 0 atom stereocenters. The number of rotatable bonds is 7. The summed E-state index contributed by atoms with van der Waals surface area (Å²) in [6.07, 6.45) is 18.8. The first-order valence-electron chi connectivity index (χ1n) is 10.7. The fraction of sp³-hybridized carbons (Fsp3) is 0.667. The van der Waals surface area contributed by atoms with Crippen molar-refractivity contribution in [1.82, 2.24) is 0 Å². The Hall–Kier alpha value is -0.630. The minimum Gasteiger partial charge on any atom is -0.251 e. The molecule has 144 valence electrons. The molecule has 1 aromatic rings. The van der Waals surface area contributed by atoms with Crippen LogP contribution in [0.3, 0.4) is 0 Å². The van der Waals surface area contributed by atoms with Crippen LogP contribution in [-0.4, -0.2) is 6.67 Å². The van der Waals surface area contributed by atoms with E-state index in [2.05, 4.69) is 52.3 Å². The topological polar surface area (TPSA) is 0 Å². The lowest BCUT2D eigenvalue weighted by Gasteiger charge is -2.31. The molecule has 0 amide bonds. The van der Waals surface area contributed by atoms with Crippen LogP contribution in [0.25, 0.3) is 0 Å². The molecule has 2 aliphatic rings. The van der Waals surface area contributed by atoms with Crippen molar-refractivity contribution in [3.8, 4) is 0 Å². The summed E-state index contributed by atoms with van der Waals surface area (Å²) in [7, 11) is 0. The van der Waals surface area contributed by atoms with Gasteiger partial charge < -0.3 is 0 Å². The highest BCUT2D eigenvalue weighted by Gasteiger charge is 2.24. The molecule has 0 nitrogen and oxygen atoms in total. The molecule has 0 radical (unpaired) electrons. The van der Waals surface area contributed by atoms with Crippen molar-refractivity contribution in [2.75, 3.05) is 6.67 Å². The van der Waals surface area contributed by atoms with E-state index in [9.17, 15) is 4.39 Å². The minimum atomic E-state index is -0.212. The van der Waals surface area contributed by atoms with Gasteiger partial charge in [-0.2, -0.15) is 0 Å². The molecule has 2 heteroatoms. The van der Waals surface area contributed by atoms with Gasteiger partial charge in [0.25, 0.3) is 0 Å². The molecule has 2 fully saturated rings. The normalized spacial score (nSPS) is 29.9. The predicted molar refractivity (Wildman–Crippen MR) is 113 cm³/mol. The first kappa shape index (κ1) is 20.1. The van der Waals surface area contributed by atoms with Gasteiger partial charge in [0.1, 0.15) is 0 Å². The van der Waals surface area contributed by atoms with Gasteiger partial charge in [-0.3, -0.25) is 4.39 Å². The molecule has 0 aliphatic heterocycles. The molecule has 0 spiro atoms. The number of benzene rings is 1. The largest absolute Gasteiger partial charge is 0.251 e. The summed E-state index contributed by atoms with van der Waals surface area (Å²) in [5, 5.41) is 0. The van der Waals surface area contributed by atoms with E-state index in [-0.39, 0.29) is 6.67 Å². The number of hydrogen-bond acceptors (Lipinski definition) is 0. The van der Waals surface area contributed by atoms with Crippen molar-refractivity contribution < 1.29 is 4.39 Å². The number of hydrogen-bond donors (Lipinski definition) is 0. The number of alkyl halides is 1. The lowest BCUT2D eigenvalue weighted by atomic mass is 9.74. The summed E-state index contributed by atoms with van der Waals surface area (Å²) in [5.74, 6) is 3.42. The second-order valence-electron chi connectivity index (χ2n) is 8.53. The Balaban J connectivity index is 1.32. The van der Waals surface area contributed by atoms with Crippen LogP contribution in [0.5, 0.6) is 0 Å². The molecular formula is C24H34BrF. The first-order chi connectivity index (χ1) is 12.7. The van der Waals surface area contributed by atoms with Crippen molar-refractivity contribution in [3.05, 3.63) is 46.5 Å². The van der Waals surface area contributed by atoms with Crippen LogP contribution < -0.4 is 0 Å². The molecule has 1 aromatic carbocycles. The van der Waals surface area contributed by atoms with E-state index in [0.29, 0.717) is 6.42 Å². The summed E-state index contributed by atoms with van der Waals surface area (Å²) in [5.41, 5.74) is 1.53. The third-order valence-electron chi connectivity index (χ3n) is 6.75. The summed E-state index contributed by atoms with van der Waals surface area (Å²) < 4.78 is 13.4. The fourth-order valence-corrected chi connectivity index (χ4v) is 5.28. The van der Waals surface area contributed by atoms with Crippen LogP contribution in [0.1, 0.15) is 82.1 Å². The lowest BCUT2D eigenvalue weighted by molar-refractivity contribution is 0.246. The van der Waals surface area contributed by atoms with Gasteiger partial charge in [-0.05, 0) is 99.2 Å². The molecular weight excluding hydrogens is 387 g/mol. The Bertz CT molecular complexity index is 534. The van der Waals surface area contributed by atoms with E-state index in [1.165, 1.54) is 74.2 Å². The quantitative estimate of drug-likeness (QED) is 0.389. The molecule has 2 saturated carbocycles. The van der Waals surface area contributed by atoms with Crippen molar-refractivity contribution in [3.63, 3.8) is 0 Å². The fourth-order valence-electron chi connectivity index (χ4n) is 5.01. The van der Waals surface area contributed by atoms with Crippen molar-refractivity contribution in [2.24, 2.45) is 17.8 Å². The van der Waals surface area contributed by atoms with Gasteiger partial charge in [-0.25, -0.2) is 0 Å². The van der Waals surface area contributed by atoms with E-state index >= 15 is 0 Å². The average Bonchev–Trinajstić information content (AvgIpc) is 2.69. The summed E-state index contributed by atoms with van der Waals surface area (Å²) in [4.78, 5) is 0. The third kappa shape index (κ3) is 6.22. The van der Waals surface area contributed by atoms with Crippen molar-refractivity contribution in [2.45, 2.75) is 76.5 Å². The zero-order chi connectivity index (χ0) is 18.2. The molecule has 26 heavy (non-hydrogen) atoms. The molecule has 2 aliphatic carbocycles. The van der Waals surface area contributed by atoms with E-state index in [1.807, 2.05) is 0 Å². The second kappa shape index (κ2) is 10.6. The number of halogens is 2. The Kier molecular flexibility index (Phi) is 8.23. The molecule has 0 saturated heterocycles. The average molecular weight is 421 g/mol. The van der Waals surface area contributed by atoms with E-state index in [0.717, 1.165) is 23.7 Å². The molecule has 3 rings (SSSR count). The zero-order valence-electron chi connectivity index (χ0n) is 16.0. The van der Waals surface area contributed by atoms with Crippen LogP contribution in [0, 0.1) is 17.8 Å². The van der Waals surface area contributed by atoms with E-state index in [1.54, 1.807) is 0 Å². The molecule has 0 unspecified atom stereocenters. The number of allylic oxidation sites excluding steroid dienone is 2. The molecule has 0 N–H and O–H groups in total. The maximum absolute atomic E-state index is 12.2. The minimum absolute atomic E-state index is 0.212. The maximum Gasteiger partial charge on any atom is 0.0928 e. The van der Waals surface area contributed by atoms with Gasteiger partial charge >= 0.3 is 0 Å². The Morgan fingerprint density at radius 1 is 0.846 bits per heavy atom. The Morgan fingerprint density at radius 3 is 2.00 bits per heavy atom. The van der Waals surface area contributed by atoms with Crippen LogP contribution in [0.4, 0.5) is 4.39 Å². The maximum atomic E-state index is 12.2. The standard InChI is InChI=1S/C24H34BrF/c25-24-16-14-23(15-17-24)22-12-10-21(11-13-22)9-8-20-6-4-19(5-7-20)3-1-2-18-26/h1,3,14-17,19-22H,2,4-13,18H2/t19-,20-,21-,22-. The first-order valence-corrected chi connectivity index (χ1v) is 11.5. The van der Waals surface area contributed by atoms with Crippen molar-refractivity contribution >= 4 is 15.9 Å². The Labute approximate surface area is 167 Å². The lowest BCUT2D eigenvalue weighted by Crippen LogP contribution is -2.17. The van der Waals surface area contributed by atoms with Gasteiger partial charge in [0, 0.05) is 4.47 Å². The third-order valence-corrected chi connectivity index (χ3v) is 7.28. The molecule has 0 aromatic heterocycles. The zero-order valence-corrected chi connectivity index (χ0v) is 17.6. The summed E-state index contributed by atoms with van der Waals surface area (Å²) in [6.45, 7) is -0.212. The highest BCUT2D eigenvalue weighted by atomic mass is 79.9. The van der Waals surface area contributed by atoms with Crippen LogP contribution in [0.2, 0.25) is 0 Å². The molecule has 0 heterocycles. The van der Waals surface area contributed by atoms with Gasteiger partial charge in [-0.1, -0.05) is 53.1 Å². The highest BCUT2D eigenvalue weighted by Crippen LogP contribution is 2.40. The monoisotopic (exact) mass is 420 g/mol. The van der Waals surface area contributed by atoms with E-state index in [4.69, 9.17) is 0 Å². The van der Waals surface area contributed by atoms with Gasteiger partial charge in [-0.15, -0.1) is 0 Å². The van der Waals surface area contributed by atoms with Gasteiger partial charge in [0.15, 0.2) is 0 Å². The van der Waals surface area contributed by atoms with Crippen LogP contribution in [0.15, 0.2) is 40.9 Å². The SMILES string of the molecule is FCCC=C[C@H]1CC[C@H](CC[C@H]2CC[C@H](c3ccc(Br)cc3)CC2)CC1. The highest BCUT2D eigenvalue weighted by molar-refractivity contribution is 9.10. The van der Waals surface area contributed by atoms with Crippen LogP contribution >= 0.6 is 15.9 Å². The van der Waals surface area contributed by atoms with Gasteiger partial charge in [0.2, 0.25) is 0 Å². The summed E-state index contributed by atoms with van der Waals surface area (Å²) in [6, 6.07) is 8.97. The van der Waals surface area contributed by atoms with E-state index < -0.39 is 0 Å². The van der Waals surface area contributed by atoms with Gasteiger partial charge in [0.05, 0.1) is 6.67 Å². The second-order valence-corrected chi connectivity index (χ2v) is 9.45. The smallest absolute Gasteiger partial charge is 0.0928 e. The summed E-state index contributed by atoms with van der Waals surface area (Å²) >= 11 is 3.54. The molecule has 0 bridgehead atoms. The Morgan fingerprint density at radius 2 is 1.42 bits per heavy atom. The van der Waals surface area contributed by atoms with Crippen LogP contribution in [-0.2, 0) is 0 Å². The van der Waals surface area contributed by atoms with Crippen molar-refractivity contribution in [1.29, 1.82) is 0 Å². The predicted octanol–water partition coefficient (Wildman–Crippen LogP) is 8.23.